The number of rotatable bonds is 5. The van der Waals surface area contributed by atoms with Crippen LogP contribution in [0.1, 0.15) is 29.9 Å². The molecule has 0 spiro atoms. The van der Waals surface area contributed by atoms with Crippen molar-refractivity contribution < 1.29 is 9.53 Å². The van der Waals surface area contributed by atoms with E-state index in [1.54, 1.807) is 30.3 Å². The molecule has 108 valence electrons. The first-order valence-electron chi connectivity index (χ1n) is 6.56. The fourth-order valence-electron chi connectivity index (χ4n) is 1.47. The summed E-state index contributed by atoms with van der Waals surface area (Å²) in [5.74, 6) is 5.48. The van der Waals surface area contributed by atoms with Crippen LogP contribution in [0.5, 0.6) is 0 Å². The molecule has 1 aromatic rings. The summed E-state index contributed by atoms with van der Waals surface area (Å²) >= 11 is 0. The molecule has 1 rings (SSSR count). The zero-order valence-corrected chi connectivity index (χ0v) is 12.2. The van der Waals surface area contributed by atoms with Gasteiger partial charge in [-0.05, 0) is 26.0 Å². The highest BCUT2D eigenvalue weighted by molar-refractivity contribution is 5.92. The van der Waals surface area contributed by atoms with Crippen molar-refractivity contribution in [2.45, 2.75) is 20.0 Å². The van der Waals surface area contributed by atoms with Crippen molar-refractivity contribution in [3.8, 4) is 11.8 Å². The molecule has 1 aromatic heterocycles. The van der Waals surface area contributed by atoms with Crippen LogP contribution in [0, 0.1) is 11.8 Å². The molecule has 0 fully saturated rings. The van der Waals surface area contributed by atoms with Gasteiger partial charge in [0.2, 0.25) is 0 Å². The maximum atomic E-state index is 12.1. The minimum absolute atomic E-state index is 0.129. The molecule has 0 radical (unpaired) electrons. The predicted octanol–water partition coefficient (Wildman–Crippen LogP) is 0.889. The van der Waals surface area contributed by atoms with Gasteiger partial charge in [0.05, 0.1) is 19.3 Å². The van der Waals surface area contributed by atoms with Crippen LogP contribution in [-0.4, -0.2) is 48.6 Å². The van der Waals surface area contributed by atoms with Gasteiger partial charge in [-0.15, -0.1) is 0 Å². The van der Waals surface area contributed by atoms with Crippen LogP contribution in [0.4, 0.5) is 0 Å². The number of hydrogen-bond donors (Lipinski definition) is 1. The summed E-state index contributed by atoms with van der Waals surface area (Å²) in [6, 6.07) is 3.43. The molecule has 0 unspecified atom stereocenters. The van der Waals surface area contributed by atoms with Crippen molar-refractivity contribution in [3.63, 3.8) is 0 Å². The van der Waals surface area contributed by atoms with Crippen LogP contribution >= 0.6 is 0 Å². The molecule has 5 heteroatoms. The molecule has 0 aromatic carbocycles. The third kappa shape index (κ3) is 5.39. The lowest BCUT2D eigenvalue weighted by Gasteiger charge is -2.17. The van der Waals surface area contributed by atoms with E-state index in [1.165, 1.54) is 0 Å². The number of likely N-dealkylation sites (N-methyl/N-ethyl adjacent to an activating group) is 1. The van der Waals surface area contributed by atoms with E-state index in [9.17, 15) is 4.79 Å². The molecule has 0 aliphatic carbocycles. The van der Waals surface area contributed by atoms with Crippen molar-refractivity contribution in [2.24, 2.45) is 5.73 Å². The van der Waals surface area contributed by atoms with E-state index in [-0.39, 0.29) is 12.0 Å². The van der Waals surface area contributed by atoms with E-state index in [4.69, 9.17) is 10.5 Å². The molecule has 1 heterocycles. The van der Waals surface area contributed by atoms with Gasteiger partial charge in [0.1, 0.15) is 5.69 Å². The second-order valence-electron chi connectivity index (χ2n) is 4.58. The summed E-state index contributed by atoms with van der Waals surface area (Å²) in [7, 11) is 1.73. The van der Waals surface area contributed by atoms with E-state index in [1.807, 2.05) is 13.8 Å². The Morgan fingerprint density at radius 2 is 2.25 bits per heavy atom. The van der Waals surface area contributed by atoms with Gasteiger partial charge in [-0.2, -0.15) is 0 Å². The van der Waals surface area contributed by atoms with Crippen LogP contribution in [0.2, 0.25) is 0 Å². The maximum absolute atomic E-state index is 12.1. The number of pyridine rings is 1. The topological polar surface area (TPSA) is 68.5 Å². The summed E-state index contributed by atoms with van der Waals surface area (Å²) in [5, 5.41) is 0. The van der Waals surface area contributed by atoms with E-state index < -0.39 is 0 Å². The SMILES string of the molecule is CC(C)OCCN(C)C(=O)c1ccc(C#CCN)cn1. The minimum Gasteiger partial charge on any atom is -0.377 e. The average Bonchev–Trinajstić information content (AvgIpc) is 2.44. The first kappa shape index (κ1) is 16.2. The zero-order chi connectivity index (χ0) is 15.0. The van der Waals surface area contributed by atoms with E-state index in [2.05, 4.69) is 16.8 Å². The average molecular weight is 275 g/mol. The molecule has 0 saturated heterocycles. The van der Waals surface area contributed by atoms with Crippen molar-refractivity contribution in [1.82, 2.24) is 9.88 Å². The van der Waals surface area contributed by atoms with Gasteiger partial charge < -0.3 is 15.4 Å². The van der Waals surface area contributed by atoms with Crippen molar-refractivity contribution in [1.29, 1.82) is 0 Å². The predicted molar refractivity (Wildman–Crippen MR) is 78.2 cm³/mol. The lowest BCUT2D eigenvalue weighted by Crippen LogP contribution is -2.31. The Bertz CT molecular complexity index is 486. The summed E-state index contributed by atoms with van der Waals surface area (Å²) in [6.07, 6.45) is 1.74. The number of hydrogen-bond acceptors (Lipinski definition) is 4. The second kappa shape index (κ2) is 8.31. The van der Waals surface area contributed by atoms with Gasteiger partial charge in [0, 0.05) is 25.4 Å². The van der Waals surface area contributed by atoms with E-state index in [0.29, 0.717) is 25.4 Å². The highest BCUT2D eigenvalue weighted by Crippen LogP contribution is 2.02. The Balaban J connectivity index is 2.58. The molecular formula is C15H21N3O2. The van der Waals surface area contributed by atoms with Crippen LogP contribution < -0.4 is 5.73 Å². The van der Waals surface area contributed by atoms with Crippen LogP contribution in [0.15, 0.2) is 18.3 Å². The standard InChI is InChI=1S/C15H21N3O2/c1-12(2)20-10-9-18(3)15(19)14-7-6-13(11-17-14)5-4-8-16/h6-7,11-12H,8-10,16H2,1-3H3. The number of aromatic nitrogens is 1. The number of nitrogens with two attached hydrogens (primary N) is 1. The van der Waals surface area contributed by atoms with Crippen LogP contribution in [0.25, 0.3) is 0 Å². The van der Waals surface area contributed by atoms with Gasteiger partial charge in [-0.25, -0.2) is 4.98 Å². The molecule has 1 amide bonds. The van der Waals surface area contributed by atoms with Gasteiger partial charge in [0.25, 0.3) is 5.91 Å². The molecule has 0 bridgehead atoms. The Labute approximate surface area is 120 Å². The van der Waals surface area contributed by atoms with Gasteiger partial charge >= 0.3 is 0 Å². The quantitative estimate of drug-likeness (QED) is 0.810. The van der Waals surface area contributed by atoms with Gasteiger partial charge in [0.15, 0.2) is 0 Å². The lowest BCUT2D eigenvalue weighted by molar-refractivity contribution is 0.0529. The maximum Gasteiger partial charge on any atom is 0.272 e. The molecule has 0 atom stereocenters. The van der Waals surface area contributed by atoms with E-state index in [0.717, 1.165) is 5.56 Å². The fraction of sp³-hybridized carbons (Fsp3) is 0.467. The Hall–Kier alpha value is -1.90. The first-order chi connectivity index (χ1) is 9.54. The van der Waals surface area contributed by atoms with Crippen molar-refractivity contribution in [2.75, 3.05) is 26.7 Å². The molecule has 2 N–H and O–H groups in total. The van der Waals surface area contributed by atoms with Crippen molar-refractivity contribution in [3.05, 3.63) is 29.6 Å². The summed E-state index contributed by atoms with van der Waals surface area (Å²) in [5.41, 5.74) is 6.44. The number of nitrogens with zero attached hydrogens (tertiary/aromatic N) is 2. The third-order valence-corrected chi connectivity index (χ3v) is 2.54. The monoisotopic (exact) mass is 275 g/mol. The van der Waals surface area contributed by atoms with Gasteiger partial charge in [-0.3, -0.25) is 4.79 Å². The zero-order valence-electron chi connectivity index (χ0n) is 12.2. The third-order valence-electron chi connectivity index (χ3n) is 2.54. The minimum atomic E-state index is -0.129. The summed E-state index contributed by atoms with van der Waals surface area (Å²) in [4.78, 5) is 17.8. The van der Waals surface area contributed by atoms with Crippen molar-refractivity contribution >= 4 is 5.91 Å². The highest BCUT2D eigenvalue weighted by Gasteiger charge is 2.12. The normalized spacial score (nSPS) is 10.1. The second-order valence-corrected chi connectivity index (χ2v) is 4.58. The van der Waals surface area contributed by atoms with Crippen LogP contribution in [-0.2, 0) is 4.74 Å². The molecule has 0 saturated carbocycles. The summed E-state index contributed by atoms with van der Waals surface area (Å²) in [6.45, 7) is 5.28. The smallest absolute Gasteiger partial charge is 0.272 e. The van der Waals surface area contributed by atoms with E-state index >= 15 is 0 Å². The molecule has 0 aliphatic heterocycles. The van der Waals surface area contributed by atoms with Crippen LogP contribution in [0.3, 0.4) is 0 Å². The Morgan fingerprint density at radius 3 is 2.80 bits per heavy atom. The largest absolute Gasteiger partial charge is 0.377 e. The molecule has 0 aliphatic rings. The fourth-order valence-corrected chi connectivity index (χ4v) is 1.47. The molecule has 5 nitrogen and oxygen atoms in total. The Kier molecular flexibility index (Phi) is 6.71. The lowest BCUT2D eigenvalue weighted by atomic mass is 10.2. The molecule has 20 heavy (non-hydrogen) atoms. The Morgan fingerprint density at radius 1 is 1.50 bits per heavy atom. The first-order valence-corrected chi connectivity index (χ1v) is 6.56. The molecular weight excluding hydrogens is 254 g/mol. The summed E-state index contributed by atoms with van der Waals surface area (Å²) < 4.78 is 5.42. The number of carbonyl (C=O) groups excluding carboxylic acids is 1. The number of amides is 1. The highest BCUT2D eigenvalue weighted by atomic mass is 16.5. The number of ether oxygens (including phenoxy) is 1. The van der Waals surface area contributed by atoms with Gasteiger partial charge in [-0.1, -0.05) is 11.8 Å². The number of carbonyl (C=O) groups is 1.